The SMILES string of the molecule is C/C1=C\CC/C(CO)=C\[C@H]2[C@H](C[C@H]1O)C2(C)C. The molecule has 3 atom stereocenters. The van der Waals surface area contributed by atoms with E-state index in [0.717, 1.165) is 30.4 Å². The third kappa shape index (κ3) is 2.48. The number of fused-ring (bicyclic) bond motifs is 1. The second-order valence-corrected chi connectivity index (χ2v) is 6.17. The minimum absolute atomic E-state index is 0.175. The number of aliphatic hydroxyl groups excluding tert-OH is 2. The highest BCUT2D eigenvalue weighted by Crippen LogP contribution is 2.61. The lowest BCUT2D eigenvalue weighted by molar-refractivity contribution is 0.186. The van der Waals surface area contributed by atoms with Crippen molar-refractivity contribution in [1.29, 1.82) is 0 Å². The summed E-state index contributed by atoms with van der Waals surface area (Å²) in [7, 11) is 0. The highest BCUT2D eigenvalue weighted by Gasteiger charge is 2.56. The smallest absolute Gasteiger partial charge is 0.0750 e. The van der Waals surface area contributed by atoms with Crippen LogP contribution in [-0.4, -0.2) is 22.9 Å². The molecule has 2 heteroatoms. The Bertz CT molecular complexity index is 352. The predicted molar refractivity (Wildman–Crippen MR) is 69.5 cm³/mol. The summed E-state index contributed by atoms with van der Waals surface area (Å²) in [6, 6.07) is 0. The van der Waals surface area contributed by atoms with Gasteiger partial charge in [-0.05, 0) is 54.6 Å². The lowest BCUT2D eigenvalue weighted by atomic mass is 9.98. The van der Waals surface area contributed by atoms with Crippen LogP contribution in [0.3, 0.4) is 0 Å². The van der Waals surface area contributed by atoms with Crippen LogP contribution < -0.4 is 0 Å². The third-order valence-corrected chi connectivity index (χ3v) is 4.69. The molecule has 0 aromatic rings. The summed E-state index contributed by atoms with van der Waals surface area (Å²) in [5.74, 6) is 1.09. The Labute approximate surface area is 104 Å². The van der Waals surface area contributed by atoms with Gasteiger partial charge in [0.15, 0.2) is 0 Å². The summed E-state index contributed by atoms with van der Waals surface area (Å²) in [5.41, 5.74) is 2.53. The molecule has 0 heterocycles. The summed E-state index contributed by atoms with van der Waals surface area (Å²) in [6.45, 7) is 6.71. The molecule has 2 aliphatic rings. The van der Waals surface area contributed by atoms with Crippen molar-refractivity contribution in [2.24, 2.45) is 17.3 Å². The maximum Gasteiger partial charge on any atom is 0.0750 e. The maximum atomic E-state index is 10.1. The number of allylic oxidation sites excluding steroid dienone is 2. The van der Waals surface area contributed by atoms with Gasteiger partial charge in [-0.2, -0.15) is 0 Å². The Hall–Kier alpha value is -0.600. The van der Waals surface area contributed by atoms with Crippen molar-refractivity contribution < 1.29 is 10.2 Å². The van der Waals surface area contributed by atoms with E-state index in [4.69, 9.17) is 0 Å². The van der Waals surface area contributed by atoms with Gasteiger partial charge in [0.2, 0.25) is 0 Å². The fourth-order valence-corrected chi connectivity index (χ4v) is 3.08. The number of rotatable bonds is 1. The monoisotopic (exact) mass is 236 g/mol. The quantitative estimate of drug-likeness (QED) is 0.687. The molecule has 0 bridgehead atoms. The molecule has 0 aliphatic heterocycles. The number of hydrogen-bond donors (Lipinski definition) is 2. The third-order valence-electron chi connectivity index (χ3n) is 4.69. The van der Waals surface area contributed by atoms with Gasteiger partial charge in [-0.1, -0.05) is 26.0 Å². The van der Waals surface area contributed by atoms with Crippen LogP contribution in [0.2, 0.25) is 0 Å². The van der Waals surface area contributed by atoms with Crippen molar-refractivity contribution >= 4 is 0 Å². The summed E-state index contributed by atoms with van der Waals surface area (Å²) < 4.78 is 0. The minimum atomic E-state index is -0.284. The lowest BCUT2D eigenvalue weighted by Gasteiger charge is -2.13. The molecular formula is C15H24O2. The second-order valence-electron chi connectivity index (χ2n) is 6.17. The fraction of sp³-hybridized carbons (Fsp3) is 0.733. The van der Waals surface area contributed by atoms with Gasteiger partial charge in [0.25, 0.3) is 0 Å². The van der Waals surface area contributed by atoms with E-state index < -0.39 is 0 Å². The summed E-state index contributed by atoms with van der Waals surface area (Å²) in [4.78, 5) is 0. The number of aliphatic hydroxyl groups is 2. The van der Waals surface area contributed by atoms with Gasteiger partial charge in [0.05, 0.1) is 12.7 Å². The van der Waals surface area contributed by atoms with Crippen LogP contribution in [0.5, 0.6) is 0 Å². The van der Waals surface area contributed by atoms with E-state index in [0.29, 0.717) is 11.8 Å². The van der Waals surface area contributed by atoms with Gasteiger partial charge in [0, 0.05) is 0 Å². The zero-order chi connectivity index (χ0) is 12.6. The van der Waals surface area contributed by atoms with Crippen molar-refractivity contribution in [2.75, 3.05) is 6.61 Å². The standard InChI is InChI=1S/C15H24O2/c1-10-5-4-6-11(9-16)7-12-13(8-14(10)17)15(12,2)3/h5,7,12-14,16-17H,4,6,8-9H2,1-3H3/b10-5+,11-7+/t12-,13-,14+/m0/s1. The Balaban J connectivity index is 2.20. The first-order valence-corrected chi connectivity index (χ1v) is 6.62. The molecule has 0 spiro atoms. The predicted octanol–water partition coefficient (Wildman–Crippen LogP) is 2.67. The van der Waals surface area contributed by atoms with Crippen molar-refractivity contribution in [1.82, 2.24) is 0 Å². The highest BCUT2D eigenvalue weighted by atomic mass is 16.3. The van der Waals surface area contributed by atoms with E-state index in [9.17, 15) is 10.2 Å². The molecule has 2 nitrogen and oxygen atoms in total. The van der Waals surface area contributed by atoms with Gasteiger partial charge >= 0.3 is 0 Å². The van der Waals surface area contributed by atoms with Gasteiger partial charge in [-0.25, -0.2) is 0 Å². The maximum absolute atomic E-state index is 10.1. The molecule has 2 rings (SSSR count). The van der Waals surface area contributed by atoms with Crippen LogP contribution in [0, 0.1) is 17.3 Å². The van der Waals surface area contributed by atoms with Gasteiger partial charge < -0.3 is 10.2 Å². The molecule has 0 unspecified atom stereocenters. The van der Waals surface area contributed by atoms with Crippen molar-refractivity contribution in [3.63, 3.8) is 0 Å². The van der Waals surface area contributed by atoms with E-state index >= 15 is 0 Å². The minimum Gasteiger partial charge on any atom is -0.392 e. The first-order valence-electron chi connectivity index (χ1n) is 6.62. The molecule has 96 valence electrons. The number of hydrogen-bond acceptors (Lipinski definition) is 2. The van der Waals surface area contributed by atoms with Crippen LogP contribution in [0.1, 0.15) is 40.0 Å². The molecule has 17 heavy (non-hydrogen) atoms. The normalized spacial score (nSPS) is 42.8. The largest absolute Gasteiger partial charge is 0.392 e. The zero-order valence-electron chi connectivity index (χ0n) is 11.1. The van der Waals surface area contributed by atoms with Crippen molar-refractivity contribution in [3.05, 3.63) is 23.3 Å². The van der Waals surface area contributed by atoms with Gasteiger partial charge in [-0.3, -0.25) is 0 Å². The van der Waals surface area contributed by atoms with Gasteiger partial charge in [-0.15, -0.1) is 0 Å². The summed E-state index contributed by atoms with van der Waals surface area (Å²) in [5, 5.41) is 19.5. The Morgan fingerprint density at radius 2 is 2.12 bits per heavy atom. The van der Waals surface area contributed by atoms with Crippen LogP contribution in [0.4, 0.5) is 0 Å². The summed E-state index contributed by atoms with van der Waals surface area (Å²) in [6.07, 6.45) is 6.78. The molecule has 1 fully saturated rings. The van der Waals surface area contributed by atoms with E-state index in [1.807, 2.05) is 6.92 Å². The molecule has 2 aliphatic carbocycles. The summed E-state index contributed by atoms with van der Waals surface area (Å²) >= 11 is 0. The van der Waals surface area contributed by atoms with Crippen LogP contribution in [0.25, 0.3) is 0 Å². The molecule has 0 aromatic heterocycles. The molecule has 0 aromatic carbocycles. The van der Waals surface area contributed by atoms with Gasteiger partial charge in [0.1, 0.15) is 0 Å². The molecule has 0 saturated heterocycles. The molecule has 0 amide bonds. The Morgan fingerprint density at radius 3 is 2.76 bits per heavy atom. The highest BCUT2D eigenvalue weighted by molar-refractivity contribution is 5.22. The molecule has 0 radical (unpaired) electrons. The molecule has 1 saturated carbocycles. The first-order chi connectivity index (χ1) is 7.96. The van der Waals surface area contributed by atoms with Crippen LogP contribution in [0.15, 0.2) is 23.3 Å². The van der Waals surface area contributed by atoms with Crippen LogP contribution in [-0.2, 0) is 0 Å². The first kappa shape index (κ1) is 12.8. The van der Waals surface area contributed by atoms with Crippen LogP contribution >= 0.6 is 0 Å². The van der Waals surface area contributed by atoms with Crippen molar-refractivity contribution in [2.45, 2.75) is 46.1 Å². The average Bonchev–Trinajstić information content (AvgIpc) is 2.78. The van der Waals surface area contributed by atoms with E-state index in [2.05, 4.69) is 26.0 Å². The Kier molecular flexibility index (Phi) is 3.46. The lowest BCUT2D eigenvalue weighted by Crippen LogP contribution is -2.11. The van der Waals surface area contributed by atoms with Crippen molar-refractivity contribution in [3.8, 4) is 0 Å². The Morgan fingerprint density at radius 1 is 1.41 bits per heavy atom. The second kappa shape index (κ2) is 4.58. The fourth-order valence-electron chi connectivity index (χ4n) is 3.08. The van der Waals surface area contributed by atoms with E-state index in [-0.39, 0.29) is 18.1 Å². The van der Waals surface area contributed by atoms with E-state index in [1.54, 1.807) is 0 Å². The van der Waals surface area contributed by atoms with E-state index in [1.165, 1.54) is 0 Å². The molecule has 2 N–H and O–H groups in total. The topological polar surface area (TPSA) is 40.5 Å². The molecular weight excluding hydrogens is 212 g/mol. The average molecular weight is 236 g/mol. The zero-order valence-corrected chi connectivity index (χ0v) is 11.1.